The second-order valence-electron chi connectivity index (χ2n) is 4.22. The highest BCUT2D eigenvalue weighted by Crippen LogP contribution is 2.14. The molecule has 0 aromatic carbocycles. The molecule has 1 heterocycles. The molecule has 0 spiro atoms. The van der Waals surface area contributed by atoms with Crippen molar-refractivity contribution in [1.82, 2.24) is 14.3 Å². The van der Waals surface area contributed by atoms with E-state index in [0.717, 1.165) is 0 Å². The third kappa shape index (κ3) is 3.27. The van der Waals surface area contributed by atoms with Crippen LogP contribution in [0.25, 0.3) is 0 Å². The van der Waals surface area contributed by atoms with Crippen LogP contribution < -0.4 is 4.72 Å². The zero-order valence-corrected chi connectivity index (χ0v) is 11.2. The molecule has 2 N–H and O–H groups in total. The number of aliphatic hydroxyl groups excluding tert-OH is 1. The molecule has 0 saturated heterocycles. The molecule has 7 heteroatoms. The zero-order valence-electron chi connectivity index (χ0n) is 10.3. The van der Waals surface area contributed by atoms with Crippen LogP contribution in [-0.4, -0.2) is 35.2 Å². The van der Waals surface area contributed by atoms with E-state index < -0.39 is 15.6 Å². The third-order valence-electron chi connectivity index (χ3n) is 2.76. The Morgan fingerprint density at radius 1 is 1.53 bits per heavy atom. The first-order valence-electron chi connectivity index (χ1n) is 5.53. The number of rotatable bonds is 6. The quantitative estimate of drug-likeness (QED) is 0.773. The van der Waals surface area contributed by atoms with Gasteiger partial charge in [0.2, 0.25) is 0 Å². The summed E-state index contributed by atoms with van der Waals surface area (Å²) < 4.78 is 28.1. The van der Waals surface area contributed by atoms with Gasteiger partial charge in [-0.05, 0) is 20.3 Å². The van der Waals surface area contributed by atoms with Gasteiger partial charge in [0.05, 0.1) is 18.5 Å². The van der Waals surface area contributed by atoms with E-state index in [1.807, 2.05) is 13.8 Å². The summed E-state index contributed by atoms with van der Waals surface area (Å²) in [7, 11) is -3.67. The standard InChI is InChI=1S/C10H19N3O3S/c1-4-10(3,7-14)12-17(15,16)9-6-13(5-2)8-11-9/h6,8,12,14H,4-5,7H2,1-3H3. The van der Waals surface area contributed by atoms with Crippen LogP contribution in [0, 0.1) is 0 Å². The van der Waals surface area contributed by atoms with Gasteiger partial charge in [-0.15, -0.1) is 0 Å². The van der Waals surface area contributed by atoms with Crippen LogP contribution in [0.4, 0.5) is 0 Å². The van der Waals surface area contributed by atoms with Crippen LogP contribution in [0.5, 0.6) is 0 Å². The third-order valence-corrected chi connectivity index (χ3v) is 4.28. The highest BCUT2D eigenvalue weighted by Gasteiger charge is 2.29. The van der Waals surface area contributed by atoms with Crippen molar-refractivity contribution in [3.63, 3.8) is 0 Å². The molecule has 0 radical (unpaired) electrons. The first-order chi connectivity index (χ1) is 7.87. The number of sulfonamides is 1. The Balaban J connectivity index is 2.96. The van der Waals surface area contributed by atoms with Crippen molar-refractivity contribution in [3.05, 3.63) is 12.5 Å². The van der Waals surface area contributed by atoms with Gasteiger partial charge in [0.25, 0.3) is 10.0 Å². The number of nitrogens with zero attached hydrogens (tertiary/aromatic N) is 2. The second kappa shape index (κ2) is 5.16. The van der Waals surface area contributed by atoms with Gasteiger partial charge in [-0.3, -0.25) is 0 Å². The van der Waals surface area contributed by atoms with E-state index >= 15 is 0 Å². The van der Waals surface area contributed by atoms with E-state index in [2.05, 4.69) is 9.71 Å². The molecule has 6 nitrogen and oxygen atoms in total. The van der Waals surface area contributed by atoms with Gasteiger partial charge in [-0.25, -0.2) is 18.1 Å². The minimum Gasteiger partial charge on any atom is -0.394 e. The molecule has 1 unspecified atom stereocenters. The van der Waals surface area contributed by atoms with Crippen molar-refractivity contribution >= 4 is 10.0 Å². The van der Waals surface area contributed by atoms with Gasteiger partial charge in [0.1, 0.15) is 0 Å². The number of aromatic nitrogens is 2. The van der Waals surface area contributed by atoms with Crippen LogP contribution in [0.15, 0.2) is 17.6 Å². The highest BCUT2D eigenvalue weighted by molar-refractivity contribution is 7.89. The van der Waals surface area contributed by atoms with Crippen LogP contribution in [0.1, 0.15) is 27.2 Å². The molecule has 0 fully saturated rings. The average molecular weight is 261 g/mol. The Hall–Kier alpha value is -0.920. The van der Waals surface area contributed by atoms with E-state index in [0.29, 0.717) is 13.0 Å². The Morgan fingerprint density at radius 3 is 2.59 bits per heavy atom. The summed E-state index contributed by atoms with van der Waals surface area (Å²) in [5.41, 5.74) is -0.852. The molecule has 0 amide bonds. The highest BCUT2D eigenvalue weighted by atomic mass is 32.2. The number of nitrogens with one attached hydrogen (secondary N) is 1. The van der Waals surface area contributed by atoms with Gasteiger partial charge in [-0.1, -0.05) is 6.92 Å². The predicted molar refractivity (Wildman–Crippen MR) is 64.0 cm³/mol. The molecular weight excluding hydrogens is 242 g/mol. The maximum atomic E-state index is 12.0. The van der Waals surface area contributed by atoms with Crippen molar-refractivity contribution in [2.45, 2.75) is 44.3 Å². The number of aliphatic hydroxyl groups is 1. The summed E-state index contributed by atoms with van der Waals surface area (Å²) in [6.45, 7) is 5.77. The van der Waals surface area contributed by atoms with Crippen LogP contribution in [-0.2, 0) is 16.6 Å². The lowest BCUT2D eigenvalue weighted by Crippen LogP contribution is -2.48. The topological polar surface area (TPSA) is 84.2 Å². The monoisotopic (exact) mass is 261 g/mol. The summed E-state index contributed by atoms with van der Waals surface area (Å²) in [5, 5.41) is 9.17. The zero-order chi connectivity index (χ0) is 13.1. The van der Waals surface area contributed by atoms with Crippen molar-refractivity contribution in [2.75, 3.05) is 6.61 Å². The number of imidazole rings is 1. The van der Waals surface area contributed by atoms with Crippen molar-refractivity contribution in [3.8, 4) is 0 Å². The molecule has 1 rings (SSSR count). The smallest absolute Gasteiger partial charge is 0.260 e. The molecular formula is C10H19N3O3S. The lowest BCUT2D eigenvalue weighted by atomic mass is 10.0. The molecule has 0 aliphatic heterocycles. The van der Waals surface area contributed by atoms with E-state index in [1.165, 1.54) is 12.5 Å². The van der Waals surface area contributed by atoms with Crippen LogP contribution in [0.2, 0.25) is 0 Å². The maximum absolute atomic E-state index is 12.0. The molecule has 1 aromatic heterocycles. The molecule has 0 saturated carbocycles. The Kier molecular flexibility index (Phi) is 4.29. The van der Waals surface area contributed by atoms with Crippen molar-refractivity contribution < 1.29 is 13.5 Å². The minimum absolute atomic E-state index is 0.0209. The van der Waals surface area contributed by atoms with Gasteiger partial charge >= 0.3 is 0 Å². The number of aryl methyl sites for hydroxylation is 1. The fourth-order valence-corrected chi connectivity index (χ4v) is 2.67. The molecule has 1 aromatic rings. The Labute approximate surface area is 102 Å². The second-order valence-corrected chi connectivity index (χ2v) is 5.85. The maximum Gasteiger partial charge on any atom is 0.260 e. The first kappa shape index (κ1) is 14.1. The summed E-state index contributed by atoms with van der Waals surface area (Å²) in [6.07, 6.45) is 3.43. The number of hydrogen-bond acceptors (Lipinski definition) is 4. The van der Waals surface area contributed by atoms with E-state index in [4.69, 9.17) is 0 Å². The van der Waals surface area contributed by atoms with Gasteiger partial charge < -0.3 is 9.67 Å². The lowest BCUT2D eigenvalue weighted by molar-refractivity contribution is 0.191. The molecule has 98 valence electrons. The molecule has 0 bridgehead atoms. The van der Waals surface area contributed by atoms with Gasteiger partial charge in [0.15, 0.2) is 5.03 Å². The van der Waals surface area contributed by atoms with E-state index in [9.17, 15) is 13.5 Å². The average Bonchev–Trinajstić information content (AvgIpc) is 2.77. The van der Waals surface area contributed by atoms with E-state index in [1.54, 1.807) is 11.5 Å². The molecule has 17 heavy (non-hydrogen) atoms. The van der Waals surface area contributed by atoms with Crippen molar-refractivity contribution in [1.29, 1.82) is 0 Å². The fourth-order valence-electron chi connectivity index (χ4n) is 1.24. The molecule has 1 atom stereocenters. The summed E-state index contributed by atoms with van der Waals surface area (Å²) >= 11 is 0. The summed E-state index contributed by atoms with van der Waals surface area (Å²) in [4.78, 5) is 3.84. The Bertz CT molecular complexity index is 463. The lowest BCUT2D eigenvalue weighted by Gasteiger charge is -2.26. The van der Waals surface area contributed by atoms with Gasteiger partial charge in [0, 0.05) is 12.7 Å². The fraction of sp³-hybridized carbons (Fsp3) is 0.700. The first-order valence-corrected chi connectivity index (χ1v) is 7.02. The van der Waals surface area contributed by atoms with Crippen molar-refractivity contribution in [2.24, 2.45) is 0 Å². The van der Waals surface area contributed by atoms with E-state index in [-0.39, 0.29) is 11.6 Å². The predicted octanol–water partition coefficient (Wildman–Crippen LogP) is 0.342. The summed E-state index contributed by atoms with van der Waals surface area (Å²) in [5.74, 6) is 0. The van der Waals surface area contributed by atoms with Crippen LogP contribution in [0.3, 0.4) is 0 Å². The Morgan fingerprint density at radius 2 is 2.18 bits per heavy atom. The number of hydrogen-bond donors (Lipinski definition) is 2. The summed E-state index contributed by atoms with van der Waals surface area (Å²) in [6, 6.07) is 0. The minimum atomic E-state index is -3.67. The largest absolute Gasteiger partial charge is 0.394 e. The van der Waals surface area contributed by atoms with Crippen LogP contribution >= 0.6 is 0 Å². The SMILES string of the molecule is CCn1cnc(S(=O)(=O)NC(C)(CC)CO)c1. The normalized spacial score (nSPS) is 15.8. The molecule has 0 aliphatic rings. The molecule has 0 aliphatic carbocycles. The van der Waals surface area contributed by atoms with Gasteiger partial charge in [-0.2, -0.15) is 0 Å².